The maximum atomic E-state index is 3.20. The van der Waals surface area contributed by atoms with Crippen LogP contribution in [0.5, 0.6) is 0 Å². The molecule has 1 nitrogen and oxygen atoms in total. The first kappa shape index (κ1) is 11.5. The lowest BCUT2D eigenvalue weighted by Crippen LogP contribution is -2.11. The van der Waals surface area contributed by atoms with Crippen molar-refractivity contribution in [3.05, 3.63) is 35.4 Å². The summed E-state index contributed by atoms with van der Waals surface area (Å²) in [6.45, 7) is 4.26. The second kappa shape index (κ2) is 5.22. The van der Waals surface area contributed by atoms with Crippen molar-refractivity contribution in [3.63, 3.8) is 0 Å². The van der Waals surface area contributed by atoms with Crippen LogP contribution in [-0.2, 0) is 0 Å². The minimum atomic E-state index is 0. The second-order valence-electron chi connectivity index (χ2n) is 2.92. The van der Waals surface area contributed by atoms with Crippen LogP contribution in [0.3, 0.4) is 0 Å². The molecule has 0 heterocycles. The van der Waals surface area contributed by atoms with Gasteiger partial charge in [-0.25, -0.2) is 0 Å². The van der Waals surface area contributed by atoms with Crippen molar-refractivity contribution in [2.75, 3.05) is 7.05 Å². The third kappa shape index (κ3) is 2.88. The van der Waals surface area contributed by atoms with E-state index in [9.17, 15) is 0 Å². The summed E-state index contributed by atoms with van der Waals surface area (Å²) in [4.78, 5) is 0. The van der Waals surface area contributed by atoms with Crippen LogP contribution in [0.25, 0.3) is 0 Å². The van der Waals surface area contributed by atoms with E-state index in [4.69, 9.17) is 0 Å². The van der Waals surface area contributed by atoms with Gasteiger partial charge in [0.25, 0.3) is 0 Å². The molecule has 0 aliphatic carbocycles. The molecule has 12 heavy (non-hydrogen) atoms. The Bertz CT molecular complexity index is 218. The summed E-state index contributed by atoms with van der Waals surface area (Å²) in [6.07, 6.45) is 0. The summed E-state index contributed by atoms with van der Waals surface area (Å²) in [7, 11) is 1.98. The van der Waals surface area contributed by atoms with Gasteiger partial charge in [-0.3, -0.25) is 0 Å². The van der Waals surface area contributed by atoms with Crippen molar-refractivity contribution in [3.8, 4) is 0 Å². The Morgan fingerprint density at radius 3 is 2.08 bits per heavy atom. The number of nitrogens with one attached hydrogen (secondary N) is 1. The molecule has 0 saturated carbocycles. The minimum Gasteiger partial charge on any atom is -0.313 e. The zero-order chi connectivity index (χ0) is 8.27. The average molecular weight is 183 g/mol. The third-order valence-electron chi connectivity index (χ3n) is 2.01. The fraction of sp³-hybridized carbons (Fsp3) is 0.400. The molecule has 68 valence electrons. The Morgan fingerprint density at radius 1 is 1.17 bits per heavy atom. The van der Waals surface area contributed by atoms with Crippen LogP contribution in [0.15, 0.2) is 24.3 Å². The largest absolute Gasteiger partial charge is 0.313 e. The molecule has 0 amide bonds. The molecular weight excluding hydrogens is 166 g/mol. The van der Waals surface area contributed by atoms with Crippen LogP contribution in [0.2, 0.25) is 0 Å². The molecule has 1 atom stereocenters. The molecule has 0 radical (unpaired) electrons. The van der Waals surface area contributed by atoms with Crippen LogP contribution in [0.1, 0.15) is 24.1 Å². The SMILES string of the molecule is CN[C@@H](C)c1ccc(C)cc1.S. The van der Waals surface area contributed by atoms with Crippen molar-refractivity contribution in [1.82, 2.24) is 5.32 Å². The normalized spacial score (nSPS) is 11.9. The fourth-order valence-electron chi connectivity index (χ4n) is 1.02. The van der Waals surface area contributed by atoms with Crippen molar-refractivity contribution in [1.29, 1.82) is 0 Å². The number of hydrogen-bond donors (Lipinski definition) is 1. The van der Waals surface area contributed by atoms with Gasteiger partial charge < -0.3 is 5.32 Å². The molecule has 0 aliphatic rings. The maximum Gasteiger partial charge on any atom is 0.0289 e. The monoisotopic (exact) mass is 183 g/mol. The van der Waals surface area contributed by atoms with E-state index in [1.165, 1.54) is 11.1 Å². The first-order chi connectivity index (χ1) is 5.24. The van der Waals surface area contributed by atoms with E-state index in [2.05, 4.69) is 43.4 Å². The van der Waals surface area contributed by atoms with Crippen LogP contribution in [0, 0.1) is 6.92 Å². The van der Waals surface area contributed by atoms with E-state index in [1.54, 1.807) is 0 Å². The highest BCUT2D eigenvalue weighted by Gasteiger charge is 1.99. The first-order valence-corrected chi connectivity index (χ1v) is 3.98. The molecule has 0 saturated heterocycles. The standard InChI is InChI=1S/C10H15N.H2S/c1-8-4-6-10(7-5-8)9(2)11-3;/h4-7,9,11H,1-3H3;1H2/t9-;/m0./s1. The average Bonchev–Trinajstić information content (AvgIpc) is 2.05. The van der Waals surface area contributed by atoms with Gasteiger partial charge in [0.15, 0.2) is 0 Å². The lowest BCUT2D eigenvalue weighted by atomic mass is 10.1. The summed E-state index contributed by atoms with van der Waals surface area (Å²) < 4.78 is 0. The van der Waals surface area contributed by atoms with E-state index in [0.29, 0.717) is 6.04 Å². The molecule has 0 spiro atoms. The summed E-state index contributed by atoms with van der Waals surface area (Å²) in [5.74, 6) is 0. The number of benzene rings is 1. The van der Waals surface area contributed by atoms with E-state index in [1.807, 2.05) is 7.05 Å². The highest BCUT2D eigenvalue weighted by molar-refractivity contribution is 7.59. The van der Waals surface area contributed by atoms with Crippen molar-refractivity contribution in [2.24, 2.45) is 0 Å². The zero-order valence-electron chi connectivity index (χ0n) is 7.89. The molecule has 0 unspecified atom stereocenters. The van der Waals surface area contributed by atoms with Crippen molar-refractivity contribution >= 4 is 13.5 Å². The van der Waals surface area contributed by atoms with Gasteiger partial charge in [-0.15, -0.1) is 0 Å². The highest BCUT2D eigenvalue weighted by atomic mass is 32.1. The fourth-order valence-corrected chi connectivity index (χ4v) is 1.02. The molecule has 0 bridgehead atoms. The number of aryl methyl sites for hydroxylation is 1. The van der Waals surface area contributed by atoms with Crippen LogP contribution in [-0.4, -0.2) is 7.05 Å². The van der Waals surface area contributed by atoms with Gasteiger partial charge in [0.2, 0.25) is 0 Å². The Labute approximate surface area is 81.6 Å². The molecule has 1 aromatic carbocycles. The Hall–Kier alpha value is -0.470. The Kier molecular flexibility index (Phi) is 5.02. The molecule has 0 aromatic heterocycles. The van der Waals surface area contributed by atoms with E-state index >= 15 is 0 Å². The Balaban J connectivity index is 0.00000121. The predicted octanol–water partition coefficient (Wildman–Crippen LogP) is 2.39. The van der Waals surface area contributed by atoms with Gasteiger partial charge in [0.1, 0.15) is 0 Å². The molecule has 0 fully saturated rings. The van der Waals surface area contributed by atoms with Gasteiger partial charge in [-0.05, 0) is 26.5 Å². The first-order valence-electron chi connectivity index (χ1n) is 3.98. The predicted molar refractivity (Wildman–Crippen MR) is 59.0 cm³/mol. The van der Waals surface area contributed by atoms with Crippen LogP contribution >= 0.6 is 13.5 Å². The van der Waals surface area contributed by atoms with Gasteiger partial charge in [-0.1, -0.05) is 29.8 Å². The summed E-state index contributed by atoms with van der Waals surface area (Å²) in [6, 6.07) is 9.06. The molecular formula is C10H17NS. The lowest BCUT2D eigenvalue weighted by Gasteiger charge is -2.09. The lowest BCUT2D eigenvalue weighted by molar-refractivity contribution is 0.652. The highest BCUT2D eigenvalue weighted by Crippen LogP contribution is 2.11. The second-order valence-corrected chi connectivity index (χ2v) is 2.92. The third-order valence-corrected chi connectivity index (χ3v) is 2.01. The van der Waals surface area contributed by atoms with Gasteiger partial charge >= 0.3 is 0 Å². The maximum absolute atomic E-state index is 3.20. The van der Waals surface area contributed by atoms with Crippen molar-refractivity contribution < 1.29 is 0 Å². The molecule has 1 aromatic rings. The van der Waals surface area contributed by atoms with Gasteiger partial charge in [-0.2, -0.15) is 13.5 Å². The molecule has 0 aliphatic heterocycles. The summed E-state index contributed by atoms with van der Waals surface area (Å²) in [5.41, 5.74) is 2.66. The van der Waals surface area contributed by atoms with Gasteiger partial charge in [0, 0.05) is 6.04 Å². The Morgan fingerprint density at radius 2 is 1.67 bits per heavy atom. The summed E-state index contributed by atoms with van der Waals surface area (Å²) in [5, 5.41) is 3.20. The molecule has 1 N–H and O–H groups in total. The van der Waals surface area contributed by atoms with Crippen molar-refractivity contribution in [2.45, 2.75) is 19.9 Å². The summed E-state index contributed by atoms with van der Waals surface area (Å²) >= 11 is 0. The van der Waals surface area contributed by atoms with Crippen LogP contribution < -0.4 is 5.32 Å². The quantitative estimate of drug-likeness (QED) is 0.742. The van der Waals surface area contributed by atoms with E-state index in [-0.39, 0.29) is 13.5 Å². The number of hydrogen-bond acceptors (Lipinski definition) is 1. The molecule has 1 rings (SSSR count). The topological polar surface area (TPSA) is 12.0 Å². The van der Waals surface area contributed by atoms with E-state index < -0.39 is 0 Å². The van der Waals surface area contributed by atoms with Crippen LogP contribution in [0.4, 0.5) is 0 Å². The molecule has 2 heteroatoms. The zero-order valence-corrected chi connectivity index (χ0v) is 8.89. The minimum absolute atomic E-state index is 0. The van der Waals surface area contributed by atoms with Gasteiger partial charge in [0.05, 0.1) is 0 Å². The smallest absolute Gasteiger partial charge is 0.0289 e. The number of rotatable bonds is 2. The van der Waals surface area contributed by atoms with E-state index in [0.717, 1.165) is 0 Å².